The number of aryl methyl sites for hydroxylation is 1. The third-order valence-electron chi connectivity index (χ3n) is 4.59. The standard InChI is InChI=1S/C15H24BN3O4/c1-10-5-12(16(21)22)17-19(10)11-6-15(7-11)8-18(9-15)13(20)23-14(2,3)4/h5,11,21-22H,6-9H2,1-4H3. The van der Waals surface area contributed by atoms with Gasteiger partial charge >= 0.3 is 13.2 Å². The molecule has 126 valence electrons. The molecule has 2 fully saturated rings. The van der Waals surface area contributed by atoms with Gasteiger partial charge in [0.2, 0.25) is 0 Å². The molecule has 23 heavy (non-hydrogen) atoms. The first-order valence-electron chi connectivity index (χ1n) is 7.99. The molecule has 2 aliphatic rings. The minimum atomic E-state index is -1.53. The Bertz CT molecular complexity index is 609. The Labute approximate surface area is 136 Å². The molecule has 1 aliphatic carbocycles. The first-order valence-corrected chi connectivity index (χ1v) is 7.99. The van der Waals surface area contributed by atoms with Crippen molar-refractivity contribution in [2.45, 2.75) is 52.2 Å². The Kier molecular flexibility index (Phi) is 3.72. The zero-order chi connectivity index (χ0) is 17.0. The molecule has 2 N–H and O–H groups in total. The van der Waals surface area contributed by atoms with Gasteiger partial charge in [-0.3, -0.25) is 4.68 Å². The molecular weight excluding hydrogens is 297 g/mol. The summed E-state index contributed by atoms with van der Waals surface area (Å²) in [6, 6.07) is 1.96. The summed E-state index contributed by atoms with van der Waals surface area (Å²) in [6.07, 6.45) is 1.67. The van der Waals surface area contributed by atoms with E-state index in [1.165, 1.54) is 0 Å². The summed E-state index contributed by atoms with van der Waals surface area (Å²) in [6.45, 7) is 8.98. The maximum absolute atomic E-state index is 12.0. The monoisotopic (exact) mass is 321 g/mol. The lowest BCUT2D eigenvalue weighted by Gasteiger charge is -2.58. The molecule has 1 spiro atoms. The van der Waals surface area contributed by atoms with Crippen molar-refractivity contribution in [1.82, 2.24) is 14.7 Å². The SMILES string of the molecule is Cc1cc(B(O)O)nn1C1CC2(C1)CN(C(=O)OC(C)(C)C)C2. The second kappa shape index (κ2) is 5.24. The van der Waals surface area contributed by atoms with Crippen molar-refractivity contribution in [3.05, 3.63) is 11.8 Å². The minimum Gasteiger partial charge on any atom is -0.444 e. The first kappa shape index (κ1) is 16.3. The molecule has 0 unspecified atom stereocenters. The average molecular weight is 321 g/mol. The van der Waals surface area contributed by atoms with Gasteiger partial charge in [-0.1, -0.05) is 0 Å². The zero-order valence-corrected chi connectivity index (χ0v) is 14.1. The summed E-state index contributed by atoms with van der Waals surface area (Å²) in [5.41, 5.74) is 0.928. The van der Waals surface area contributed by atoms with Crippen LogP contribution in [0.1, 0.15) is 45.3 Å². The number of nitrogens with zero attached hydrogens (tertiary/aromatic N) is 3. The minimum absolute atomic E-state index is 0.179. The lowest BCUT2D eigenvalue weighted by molar-refractivity contribution is -0.0930. The fourth-order valence-electron chi connectivity index (χ4n) is 3.60. The van der Waals surface area contributed by atoms with Gasteiger partial charge in [0.05, 0.1) is 11.6 Å². The average Bonchev–Trinajstić information content (AvgIpc) is 2.65. The maximum atomic E-state index is 12.0. The lowest BCUT2D eigenvalue weighted by Crippen LogP contribution is -2.64. The number of carbonyl (C=O) groups excluding carboxylic acids is 1. The third kappa shape index (κ3) is 3.10. The van der Waals surface area contributed by atoms with Crippen molar-refractivity contribution in [3.63, 3.8) is 0 Å². The van der Waals surface area contributed by atoms with Gasteiger partial charge in [-0.25, -0.2) is 4.79 Å². The van der Waals surface area contributed by atoms with Crippen LogP contribution in [0.4, 0.5) is 4.79 Å². The molecule has 1 aromatic heterocycles. The summed E-state index contributed by atoms with van der Waals surface area (Å²) in [5.74, 6) is 0. The Morgan fingerprint density at radius 3 is 2.48 bits per heavy atom. The predicted octanol–water partition coefficient (Wildman–Crippen LogP) is 0.443. The summed E-state index contributed by atoms with van der Waals surface area (Å²) < 4.78 is 7.25. The van der Waals surface area contributed by atoms with Crippen molar-refractivity contribution in [2.75, 3.05) is 13.1 Å². The van der Waals surface area contributed by atoms with Crippen molar-refractivity contribution in [2.24, 2.45) is 5.41 Å². The number of ether oxygens (including phenoxy) is 1. The van der Waals surface area contributed by atoms with E-state index >= 15 is 0 Å². The van der Waals surface area contributed by atoms with E-state index in [1.807, 2.05) is 32.4 Å². The highest BCUT2D eigenvalue weighted by molar-refractivity contribution is 6.57. The normalized spacial score (nSPS) is 20.2. The Morgan fingerprint density at radius 2 is 2.00 bits per heavy atom. The highest BCUT2D eigenvalue weighted by Gasteiger charge is 2.55. The summed E-state index contributed by atoms with van der Waals surface area (Å²) >= 11 is 0. The molecule has 0 radical (unpaired) electrons. The van der Waals surface area contributed by atoms with Crippen LogP contribution in [0.15, 0.2) is 6.07 Å². The summed E-state index contributed by atoms with van der Waals surface area (Å²) in [4.78, 5) is 13.7. The van der Waals surface area contributed by atoms with Crippen LogP contribution in [-0.2, 0) is 4.74 Å². The third-order valence-corrected chi connectivity index (χ3v) is 4.59. The number of amides is 1. The molecule has 0 bridgehead atoms. The van der Waals surface area contributed by atoms with Gasteiger partial charge in [0, 0.05) is 24.2 Å². The van der Waals surface area contributed by atoms with Crippen LogP contribution in [0.3, 0.4) is 0 Å². The van der Waals surface area contributed by atoms with Crippen molar-refractivity contribution >= 4 is 18.8 Å². The van der Waals surface area contributed by atoms with Gasteiger partial charge in [0.25, 0.3) is 0 Å². The smallest absolute Gasteiger partial charge is 0.444 e. The van der Waals surface area contributed by atoms with E-state index in [1.54, 1.807) is 11.0 Å². The topological polar surface area (TPSA) is 87.8 Å². The maximum Gasteiger partial charge on any atom is 0.510 e. The molecule has 1 saturated carbocycles. The highest BCUT2D eigenvalue weighted by Crippen LogP contribution is 2.54. The largest absolute Gasteiger partial charge is 0.510 e. The quantitative estimate of drug-likeness (QED) is 0.772. The van der Waals surface area contributed by atoms with Crippen LogP contribution in [-0.4, -0.2) is 56.6 Å². The predicted molar refractivity (Wildman–Crippen MR) is 85.3 cm³/mol. The number of hydrogen-bond donors (Lipinski definition) is 2. The number of rotatable bonds is 2. The molecule has 8 heteroatoms. The lowest BCUT2D eigenvalue weighted by atomic mass is 9.61. The molecule has 1 aliphatic heterocycles. The Hall–Kier alpha value is -1.54. The first-order chi connectivity index (χ1) is 10.6. The van der Waals surface area contributed by atoms with E-state index in [2.05, 4.69) is 5.10 Å². The highest BCUT2D eigenvalue weighted by atomic mass is 16.6. The van der Waals surface area contributed by atoms with Crippen molar-refractivity contribution in [1.29, 1.82) is 0 Å². The van der Waals surface area contributed by atoms with Crippen LogP contribution in [0.5, 0.6) is 0 Å². The Balaban J connectivity index is 1.54. The second-order valence-corrected chi connectivity index (χ2v) is 7.93. The zero-order valence-electron chi connectivity index (χ0n) is 14.1. The van der Waals surface area contributed by atoms with E-state index in [-0.39, 0.29) is 23.1 Å². The van der Waals surface area contributed by atoms with Crippen LogP contribution < -0.4 is 5.59 Å². The van der Waals surface area contributed by atoms with Gasteiger partial charge < -0.3 is 19.7 Å². The van der Waals surface area contributed by atoms with Gasteiger partial charge in [-0.05, 0) is 46.6 Å². The van der Waals surface area contributed by atoms with Gasteiger partial charge in [-0.2, -0.15) is 5.10 Å². The molecule has 1 aromatic rings. The van der Waals surface area contributed by atoms with Crippen molar-refractivity contribution in [3.8, 4) is 0 Å². The van der Waals surface area contributed by atoms with E-state index in [4.69, 9.17) is 4.74 Å². The van der Waals surface area contributed by atoms with E-state index in [0.717, 1.165) is 31.6 Å². The molecule has 2 heterocycles. The van der Waals surface area contributed by atoms with Gasteiger partial charge in [-0.15, -0.1) is 0 Å². The second-order valence-electron chi connectivity index (χ2n) is 7.93. The summed E-state index contributed by atoms with van der Waals surface area (Å²) in [7, 11) is -1.53. The molecular formula is C15H24BN3O4. The van der Waals surface area contributed by atoms with E-state index in [0.29, 0.717) is 0 Å². The molecule has 7 nitrogen and oxygen atoms in total. The van der Waals surface area contributed by atoms with Crippen LogP contribution >= 0.6 is 0 Å². The van der Waals surface area contributed by atoms with E-state index < -0.39 is 12.7 Å². The van der Waals surface area contributed by atoms with Crippen LogP contribution in [0.25, 0.3) is 0 Å². The number of hydrogen-bond acceptors (Lipinski definition) is 5. The fourth-order valence-corrected chi connectivity index (χ4v) is 3.60. The molecule has 1 saturated heterocycles. The van der Waals surface area contributed by atoms with Crippen molar-refractivity contribution < 1.29 is 19.6 Å². The molecule has 3 rings (SSSR count). The number of likely N-dealkylation sites (tertiary alicyclic amines) is 1. The van der Waals surface area contributed by atoms with Crippen LogP contribution in [0.2, 0.25) is 0 Å². The van der Waals surface area contributed by atoms with Gasteiger partial charge in [0.1, 0.15) is 5.60 Å². The van der Waals surface area contributed by atoms with Gasteiger partial charge in [0.15, 0.2) is 0 Å². The fraction of sp³-hybridized carbons (Fsp3) is 0.733. The molecule has 0 atom stereocenters. The van der Waals surface area contributed by atoms with E-state index in [9.17, 15) is 14.8 Å². The molecule has 1 amide bonds. The Morgan fingerprint density at radius 1 is 1.39 bits per heavy atom. The number of aromatic nitrogens is 2. The van der Waals surface area contributed by atoms with Crippen LogP contribution in [0, 0.1) is 12.3 Å². The number of carbonyl (C=O) groups is 1. The molecule has 0 aromatic carbocycles. The summed E-state index contributed by atoms with van der Waals surface area (Å²) in [5, 5.41) is 22.7.